The largest absolute Gasteiger partial charge is 0.497 e. The Morgan fingerprint density at radius 3 is 2.33 bits per heavy atom. The lowest BCUT2D eigenvalue weighted by Crippen LogP contribution is -2.28. The Hall–Kier alpha value is -1.27. The van der Waals surface area contributed by atoms with Gasteiger partial charge in [-0.3, -0.25) is 0 Å². The Morgan fingerprint density at radius 1 is 1.11 bits per heavy atom. The predicted molar refractivity (Wildman–Crippen MR) is 67.5 cm³/mol. The van der Waals surface area contributed by atoms with E-state index in [1.165, 1.54) is 24.6 Å². The minimum absolute atomic E-state index is 0.202. The van der Waals surface area contributed by atoms with Crippen molar-refractivity contribution in [1.29, 1.82) is 0 Å². The first-order valence-corrected chi connectivity index (χ1v) is 7.26. The second-order valence-corrected chi connectivity index (χ2v) is 6.03. The van der Waals surface area contributed by atoms with Gasteiger partial charge in [0.05, 0.1) is 14.2 Å². The topological polar surface area (TPSA) is 55.8 Å². The third-order valence-corrected chi connectivity index (χ3v) is 4.99. The van der Waals surface area contributed by atoms with E-state index in [1.54, 1.807) is 12.1 Å². The van der Waals surface area contributed by atoms with Crippen LogP contribution in [-0.2, 0) is 10.0 Å². The molecule has 18 heavy (non-hydrogen) atoms. The summed E-state index contributed by atoms with van der Waals surface area (Å²) < 4.78 is 36.5. The van der Waals surface area contributed by atoms with E-state index in [-0.39, 0.29) is 4.90 Å². The number of rotatable bonds is 4. The van der Waals surface area contributed by atoms with Crippen LogP contribution < -0.4 is 9.47 Å². The lowest BCUT2D eigenvalue weighted by Gasteiger charge is -2.17. The highest BCUT2D eigenvalue weighted by atomic mass is 32.2. The summed E-state index contributed by atoms with van der Waals surface area (Å²) in [7, 11) is -0.466. The zero-order valence-corrected chi connectivity index (χ0v) is 11.4. The van der Waals surface area contributed by atoms with Crippen LogP contribution in [0.25, 0.3) is 0 Å². The van der Waals surface area contributed by atoms with Gasteiger partial charge in [0.1, 0.15) is 16.4 Å². The molecule has 0 radical (unpaired) electrons. The first-order chi connectivity index (χ1) is 8.59. The molecule has 5 nitrogen and oxygen atoms in total. The Kier molecular flexibility index (Phi) is 3.77. The summed E-state index contributed by atoms with van der Waals surface area (Å²) >= 11 is 0. The van der Waals surface area contributed by atoms with Crippen molar-refractivity contribution in [2.75, 3.05) is 27.3 Å². The van der Waals surface area contributed by atoms with Crippen LogP contribution in [0.3, 0.4) is 0 Å². The molecule has 1 saturated heterocycles. The molecule has 1 aliphatic heterocycles. The summed E-state index contributed by atoms with van der Waals surface area (Å²) in [6.45, 7) is 1.16. The van der Waals surface area contributed by atoms with E-state index in [2.05, 4.69) is 0 Å². The molecule has 1 aromatic carbocycles. The molecule has 0 spiro atoms. The summed E-state index contributed by atoms with van der Waals surface area (Å²) in [5.41, 5.74) is 0. The van der Waals surface area contributed by atoms with Gasteiger partial charge in [-0.25, -0.2) is 8.42 Å². The molecule has 100 valence electrons. The summed E-state index contributed by atoms with van der Waals surface area (Å²) in [5.74, 6) is 0.897. The molecule has 1 fully saturated rings. The number of nitrogens with zero attached hydrogens (tertiary/aromatic N) is 1. The van der Waals surface area contributed by atoms with E-state index < -0.39 is 10.0 Å². The smallest absolute Gasteiger partial charge is 0.246 e. The molecule has 0 bridgehead atoms. The molecule has 0 unspecified atom stereocenters. The van der Waals surface area contributed by atoms with Gasteiger partial charge in [-0.05, 0) is 25.0 Å². The zero-order valence-electron chi connectivity index (χ0n) is 10.5. The molecule has 0 amide bonds. The van der Waals surface area contributed by atoms with E-state index in [0.717, 1.165) is 12.8 Å². The van der Waals surface area contributed by atoms with Crippen LogP contribution in [-0.4, -0.2) is 40.0 Å². The van der Waals surface area contributed by atoms with Gasteiger partial charge in [0.2, 0.25) is 10.0 Å². The SMILES string of the molecule is COc1ccc(S(=O)(=O)N2CCCC2)c(OC)c1. The Morgan fingerprint density at radius 2 is 1.78 bits per heavy atom. The molecule has 2 rings (SSSR count). The number of ether oxygens (including phenoxy) is 2. The minimum atomic E-state index is -3.45. The highest BCUT2D eigenvalue weighted by Gasteiger charge is 2.29. The number of sulfonamides is 1. The molecule has 1 heterocycles. The van der Waals surface area contributed by atoms with E-state index in [1.807, 2.05) is 0 Å². The highest BCUT2D eigenvalue weighted by molar-refractivity contribution is 7.89. The zero-order chi connectivity index (χ0) is 13.2. The second-order valence-electron chi connectivity index (χ2n) is 4.13. The quantitative estimate of drug-likeness (QED) is 0.832. The second kappa shape index (κ2) is 5.16. The number of hydrogen-bond donors (Lipinski definition) is 0. The van der Waals surface area contributed by atoms with Gasteiger partial charge in [-0.15, -0.1) is 0 Å². The van der Waals surface area contributed by atoms with Crippen LogP contribution in [0.4, 0.5) is 0 Å². The summed E-state index contributed by atoms with van der Waals surface area (Å²) in [6.07, 6.45) is 1.83. The highest BCUT2D eigenvalue weighted by Crippen LogP contribution is 2.31. The van der Waals surface area contributed by atoms with Crippen LogP contribution in [0.15, 0.2) is 23.1 Å². The number of methoxy groups -OCH3 is 2. The molecule has 1 aliphatic rings. The fourth-order valence-corrected chi connectivity index (χ4v) is 3.71. The van der Waals surface area contributed by atoms with E-state index >= 15 is 0 Å². The third-order valence-electron chi connectivity index (χ3n) is 3.05. The van der Waals surface area contributed by atoms with Gasteiger partial charge in [0.25, 0.3) is 0 Å². The van der Waals surface area contributed by atoms with Crippen LogP contribution in [0.5, 0.6) is 11.5 Å². The Bertz CT molecular complexity index is 521. The van der Waals surface area contributed by atoms with Gasteiger partial charge in [-0.2, -0.15) is 4.31 Å². The fraction of sp³-hybridized carbons (Fsp3) is 0.500. The molecule has 6 heteroatoms. The molecule has 0 aromatic heterocycles. The van der Waals surface area contributed by atoms with Crippen LogP contribution in [0, 0.1) is 0 Å². The minimum Gasteiger partial charge on any atom is -0.497 e. The maximum absolute atomic E-state index is 12.4. The van der Waals surface area contributed by atoms with Crippen molar-refractivity contribution < 1.29 is 17.9 Å². The van der Waals surface area contributed by atoms with Crippen LogP contribution in [0.1, 0.15) is 12.8 Å². The Labute approximate surface area is 107 Å². The molecule has 1 aromatic rings. The monoisotopic (exact) mass is 271 g/mol. The van der Waals surface area contributed by atoms with Crippen molar-refractivity contribution in [2.45, 2.75) is 17.7 Å². The van der Waals surface area contributed by atoms with Gasteiger partial charge in [0, 0.05) is 19.2 Å². The first-order valence-electron chi connectivity index (χ1n) is 5.82. The lowest BCUT2D eigenvalue weighted by atomic mass is 10.3. The van der Waals surface area contributed by atoms with Crippen molar-refractivity contribution in [2.24, 2.45) is 0 Å². The maximum atomic E-state index is 12.4. The average Bonchev–Trinajstić information content (AvgIpc) is 2.92. The molecule has 0 saturated carbocycles. The van der Waals surface area contributed by atoms with Crippen LogP contribution in [0.2, 0.25) is 0 Å². The normalized spacial score (nSPS) is 16.8. The molecular weight excluding hydrogens is 254 g/mol. The molecule has 0 atom stereocenters. The lowest BCUT2D eigenvalue weighted by molar-refractivity contribution is 0.383. The summed E-state index contributed by atoms with van der Waals surface area (Å²) in [5, 5.41) is 0. The first kappa shape index (κ1) is 13.2. The van der Waals surface area contributed by atoms with Crippen molar-refractivity contribution in [3.05, 3.63) is 18.2 Å². The number of benzene rings is 1. The third kappa shape index (κ3) is 2.30. The van der Waals surface area contributed by atoms with Gasteiger partial charge in [0.15, 0.2) is 0 Å². The average molecular weight is 271 g/mol. The van der Waals surface area contributed by atoms with E-state index in [0.29, 0.717) is 24.6 Å². The van der Waals surface area contributed by atoms with Crippen LogP contribution >= 0.6 is 0 Å². The van der Waals surface area contributed by atoms with Crippen molar-refractivity contribution in [3.8, 4) is 11.5 Å². The van der Waals surface area contributed by atoms with E-state index in [9.17, 15) is 8.42 Å². The van der Waals surface area contributed by atoms with Crippen molar-refractivity contribution in [1.82, 2.24) is 4.31 Å². The maximum Gasteiger partial charge on any atom is 0.246 e. The molecule has 0 aliphatic carbocycles. The molecular formula is C12H17NO4S. The number of hydrogen-bond acceptors (Lipinski definition) is 4. The van der Waals surface area contributed by atoms with Gasteiger partial charge < -0.3 is 9.47 Å². The Balaban J connectivity index is 2.43. The van der Waals surface area contributed by atoms with Gasteiger partial charge >= 0.3 is 0 Å². The summed E-state index contributed by atoms with van der Waals surface area (Å²) in [6, 6.07) is 4.75. The standard InChI is InChI=1S/C12H17NO4S/c1-16-10-5-6-12(11(9-10)17-2)18(14,15)13-7-3-4-8-13/h5-6,9H,3-4,7-8H2,1-2H3. The molecule has 0 N–H and O–H groups in total. The van der Waals surface area contributed by atoms with Crippen molar-refractivity contribution >= 4 is 10.0 Å². The summed E-state index contributed by atoms with van der Waals surface area (Å²) in [4.78, 5) is 0.202. The van der Waals surface area contributed by atoms with E-state index in [4.69, 9.17) is 9.47 Å². The fourth-order valence-electron chi connectivity index (χ4n) is 2.06. The van der Waals surface area contributed by atoms with Gasteiger partial charge in [-0.1, -0.05) is 0 Å². The predicted octanol–water partition coefficient (Wildman–Crippen LogP) is 1.49. The van der Waals surface area contributed by atoms with Crippen molar-refractivity contribution in [3.63, 3.8) is 0 Å².